The van der Waals surface area contributed by atoms with E-state index < -0.39 is 16.1 Å². The van der Waals surface area contributed by atoms with E-state index in [9.17, 15) is 18.0 Å². The van der Waals surface area contributed by atoms with E-state index in [0.29, 0.717) is 24.4 Å². The minimum absolute atomic E-state index is 0.0713. The number of halogens is 1. The van der Waals surface area contributed by atoms with Crippen molar-refractivity contribution in [2.24, 2.45) is 5.92 Å². The largest absolute Gasteiger partial charge is 0.354 e. The average Bonchev–Trinajstić information content (AvgIpc) is 2.95. The number of carbonyl (C=O) groups is 2. The maximum atomic E-state index is 13.8. The monoisotopic (exact) mass is 583 g/mol. The molecule has 40 heavy (non-hydrogen) atoms. The van der Waals surface area contributed by atoms with Gasteiger partial charge in [-0.3, -0.25) is 9.59 Å². The number of amides is 2. The summed E-state index contributed by atoms with van der Waals surface area (Å²) in [6.07, 6.45) is 0.706. The van der Waals surface area contributed by atoms with Crippen LogP contribution in [0.5, 0.6) is 0 Å². The minimum atomic E-state index is -3.67. The predicted octanol–water partition coefficient (Wildman–Crippen LogP) is 5.15. The number of carbonyl (C=O) groups excluding carboxylic acids is 2. The first-order valence-electron chi connectivity index (χ1n) is 13.5. The second kappa shape index (κ2) is 15.0. The van der Waals surface area contributed by atoms with Gasteiger partial charge in [-0.25, -0.2) is 12.7 Å². The van der Waals surface area contributed by atoms with Crippen LogP contribution in [0, 0.1) is 5.92 Å². The van der Waals surface area contributed by atoms with Crippen LogP contribution in [-0.4, -0.2) is 55.6 Å². The van der Waals surface area contributed by atoms with Gasteiger partial charge >= 0.3 is 0 Å². The Morgan fingerprint density at radius 2 is 1.50 bits per heavy atom. The lowest BCUT2D eigenvalue weighted by Crippen LogP contribution is -2.51. The molecule has 0 heterocycles. The van der Waals surface area contributed by atoms with Crippen LogP contribution in [-0.2, 0) is 32.6 Å². The zero-order chi connectivity index (χ0) is 29.1. The number of hydrogen-bond donors (Lipinski definition) is 1. The zero-order valence-electron chi connectivity index (χ0n) is 23.3. The van der Waals surface area contributed by atoms with E-state index >= 15 is 0 Å². The molecular formula is C31H38ClN3O4S. The summed E-state index contributed by atoms with van der Waals surface area (Å²) in [7, 11) is -2.16. The van der Waals surface area contributed by atoms with E-state index in [1.165, 1.54) is 11.4 Å². The summed E-state index contributed by atoms with van der Waals surface area (Å²) in [5.41, 5.74) is 1.66. The number of rotatable bonds is 14. The summed E-state index contributed by atoms with van der Waals surface area (Å²) < 4.78 is 27.1. The lowest BCUT2D eigenvalue weighted by atomic mass is 10.0. The highest BCUT2D eigenvalue weighted by molar-refractivity contribution is 7.89. The van der Waals surface area contributed by atoms with Crippen molar-refractivity contribution in [3.63, 3.8) is 0 Å². The van der Waals surface area contributed by atoms with Crippen molar-refractivity contribution >= 4 is 33.4 Å². The molecule has 1 atom stereocenters. The lowest BCUT2D eigenvalue weighted by molar-refractivity contribution is -0.141. The van der Waals surface area contributed by atoms with Crippen LogP contribution in [0.1, 0.15) is 37.8 Å². The van der Waals surface area contributed by atoms with Crippen LogP contribution >= 0.6 is 11.6 Å². The molecule has 0 saturated carbocycles. The molecule has 0 bridgehead atoms. The van der Waals surface area contributed by atoms with Crippen LogP contribution in [0.3, 0.4) is 0 Å². The molecule has 1 N–H and O–H groups in total. The molecule has 0 unspecified atom stereocenters. The van der Waals surface area contributed by atoms with Crippen molar-refractivity contribution in [3.05, 3.63) is 101 Å². The molecule has 0 spiro atoms. The van der Waals surface area contributed by atoms with Gasteiger partial charge in [-0.2, -0.15) is 0 Å². The third-order valence-electron chi connectivity index (χ3n) is 6.57. The SMILES string of the molecule is CC(C)CNC(=O)[C@H](Cc1ccccc1)N(Cc1ccccc1Cl)C(=O)CCCN(C)S(=O)(=O)c1ccccc1. The Bertz CT molecular complexity index is 1350. The molecule has 0 aliphatic heterocycles. The van der Waals surface area contributed by atoms with Gasteiger partial charge in [0.25, 0.3) is 0 Å². The molecule has 0 saturated heterocycles. The quantitative estimate of drug-likeness (QED) is 0.284. The Kier molecular flexibility index (Phi) is 11.7. The summed E-state index contributed by atoms with van der Waals surface area (Å²) in [5.74, 6) is -0.232. The summed E-state index contributed by atoms with van der Waals surface area (Å²) in [6.45, 7) is 4.83. The van der Waals surface area contributed by atoms with Crippen LogP contribution in [0.25, 0.3) is 0 Å². The highest BCUT2D eigenvalue weighted by Gasteiger charge is 2.31. The van der Waals surface area contributed by atoms with Crippen LogP contribution in [0.4, 0.5) is 0 Å². The molecule has 0 aliphatic rings. The summed E-state index contributed by atoms with van der Waals surface area (Å²) in [6, 6.07) is 24.3. The summed E-state index contributed by atoms with van der Waals surface area (Å²) in [4.78, 5) is 29.1. The molecule has 9 heteroatoms. The standard InChI is InChI=1S/C31H38ClN3O4S/c1-24(2)22-33-31(37)29(21-25-13-6-4-7-14-25)35(23-26-15-10-11-18-28(26)32)30(36)19-12-20-34(3)40(38,39)27-16-8-5-9-17-27/h4-11,13-18,24,29H,12,19-23H2,1-3H3,(H,33,37)/t29-/m0/s1. The second-order valence-corrected chi connectivity index (χ2v) is 12.7. The molecule has 0 fully saturated rings. The number of hydrogen-bond acceptors (Lipinski definition) is 4. The number of benzene rings is 3. The fourth-order valence-electron chi connectivity index (χ4n) is 4.28. The van der Waals surface area contributed by atoms with Crippen molar-refractivity contribution in [1.82, 2.24) is 14.5 Å². The van der Waals surface area contributed by atoms with Crippen LogP contribution in [0.15, 0.2) is 89.8 Å². The smallest absolute Gasteiger partial charge is 0.243 e. The average molecular weight is 584 g/mol. The molecule has 3 aromatic carbocycles. The van der Waals surface area contributed by atoms with Crippen LogP contribution < -0.4 is 5.32 Å². The highest BCUT2D eigenvalue weighted by Crippen LogP contribution is 2.22. The van der Waals surface area contributed by atoms with Crippen molar-refractivity contribution in [2.45, 2.75) is 50.6 Å². The van der Waals surface area contributed by atoms with E-state index in [4.69, 9.17) is 11.6 Å². The molecule has 3 rings (SSSR count). The maximum absolute atomic E-state index is 13.8. The fourth-order valence-corrected chi connectivity index (χ4v) is 5.70. The molecule has 3 aromatic rings. The minimum Gasteiger partial charge on any atom is -0.354 e. The molecule has 0 aromatic heterocycles. The van der Waals surface area contributed by atoms with Gasteiger partial charge in [0.1, 0.15) is 6.04 Å². The van der Waals surface area contributed by atoms with Gasteiger partial charge in [0.2, 0.25) is 21.8 Å². The summed E-state index contributed by atoms with van der Waals surface area (Å²) >= 11 is 6.46. The van der Waals surface area contributed by atoms with Crippen molar-refractivity contribution in [3.8, 4) is 0 Å². The number of sulfonamides is 1. The Morgan fingerprint density at radius 1 is 0.900 bits per heavy atom. The van der Waals surface area contributed by atoms with Gasteiger partial charge in [0.05, 0.1) is 4.90 Å². The van der Waals surface area contributed by atoms with Gasteiger partial charge in [0.15, 0.2) is 0 Å². The molecule has 2 amide bonds. The van der Waals surface area contributed by atoms with Gasteiger partial charge in [-0.15, -0.1) is 0 Å². The van der Waals surface area contributed by atoms with Crippen LogP contribution in [0.2, 0.25) is 5.02 Å². The second-order valence-electron chi connectivity index (χ2n) is 10.2. The Morgan fingerprint density at radius 3 is 2.12 bits per heavy atom. The van der Waals surface area contributed by atoms with Crippen molar-refractivity contribution in [1.29, 1.82) is 0 Å². The highest BCUT2D eigenvalue weighted by atomic mass is 35.5. The van der Waals surface area contributed by atoms with E-state index in [2.05, 4.69) is 5.32 Å². The summed E-state index contributed by atoms with van der Waals surface area (Å²) in [5, 5.41) is 3.51. The number of nitrogens with one attached hydrogen (secondary N) is 1. The Labute approximate surface area is 243 Å². The first kappa shape index (κ1) is 31.3. The Hall–Kier alpha value is -3.20. The normalized spacial score (nSPS) is 12.3. The van der Waals surface area contributed by atoms with Crippen molar-refractivity contribution in [2.75, 3.05) is 20.1 Å². The van der Waals surface area contributed by atoms with Gasteiger partial charge in [0, 0.05) is 44.5 Å². The van der Waals surface area contributed by atoms with E-state index in [-0.39, 0.29) is 42.1 Å². The van der Waals surface area contributed by atoms with Gasteiger partial charge in [-0.05, 0) is 41.7 Å². The number of nitrogens with zero attached hydrogens (tertiary/aromatic N) is 2. The lowest BCUT2D eigenvalue weighted by Gasteiger charge is -2.32. The van der Waals surface area contributed by atoms with Gasteiger partial charge < -0.3 is 10.2 Å². The Balaban J connectivity index is 1.83. The maximum Gasteiger partial charge on any atom is 0.243 e. The molecule has 214 valence electrons. The zero-order valence-corrected chi connectivity index (χ0v) is 24.9. The molecule has 0 radical (unpaired) electrons. The third kappa shape index (κ3) is 8.91. The first-order valence-corrected chi connectivity index (χ1v) is 15.3. The molecule has 0 aliphatic carbocycles. The van der Waals surface area contributed by atoms with Crippen molar-refractivity contribution < 1.29 is 18.0 Å². The van der Waals surface area contributed by atoms with E-state index in [1.54, 1.807) is 41.3 Å². The van der Waals surface area contributed by atoms with Gasteiger partial charge in [-0.1, -0.05) is 92.2 Å². The topological polar surface area (TPSA) is 86.8 Å². The molecular weight excluding hydrogens is 546 g/mol. The van der Waals surface area contributed by atoms with E-state index in [1.807, 2.05) is 62.4 Å². The first-order chi connectivity index (χ1) is 19.1. The van der Waals surface area contributed by atoms with E-state index in [0.717, 1.165) is 11.1 Å². The third-order valence-corrected chi connectivity index (χ3v) is 8.81. The predicted molar refractivity (Wildman–Crippen MR) is 159 cm³/mol. The fraction of sp³-hybridized carbons (Fsp3) is 0.355. The molecule has 7 nitrogen and oxygen atoms in total.